The zero-order valence-electron chi connectivity index (χ0n) is 12.5. The second-order valence-corrected chi connectivity index (χ2v) is 6.08. The molecule has 0 saturated carbocycles. The number of hydrogen-bond acceptors (Lipinski definition) is 2. The molecule has 3 heteroatoms. The Bertz CT molecular complexity index is 308. The molecular weight excluding hydrogens is 224 g/mol. The van der Waals surface area contributed by atoms with Gasteiger partial charge in [-0.25, -0.2) is 0 Å². The van der Waals surface area contributed by atoms with E-state index in [1.54, 1.807) is 0 Å². The molecular formula is C15H28N2O. The summed E-state index contributed by atoms with van der Waals surface area (Å²) in [5, 5.41) is 3.08. The smallest absolute Gasteiger partial charge is 0.243 e. The Morgan fingerprint density at radius 1 is 1.33 bits per heavy atom. The standard InChI is InChI=1S/C15H28N2O/c1-7-13(18)16-12-10-14(4,8-2)17(6)15(5,9-3)11-12/h7,12H,1,8-11H2,2-6H3,(H,16,18). The first-order chi connectivity index (χ1) is 8.31. The van der Waals surface area contributed by atoms with Gasteiger partial charge in [-0.2, -0.15) is 0 Å². The molecule has 1 aliphatic rings. The summed E-state index contributed by atoms with van der Waals surface area (Å²) in [5.74, 6) is -0.0542. The number of amides is 1. The van der Waals surface area contributed by atoms with Gasteiger partial charge in [0.1, 0.15) is 0 Å². The van der Waals surface area contributed by atoms with Gasteiger partial charge in [0, 0.05) is 17.1 Å². The Morgan fingerprint density at radius 3 is 2.11 bits per heavy atom. The van der Waals surface area contributed by atoms with Gasteiger partial charge >= 0.3 is 0 Å². The number of piperidine rings is 1. The van der Waals surface area contributed by atoms with Crippen molar-refractivity contribution in [3.8, 4) is 0 Å². The van der Waals surface area contributed by atoms with Gasteiger partial charge in [-0.1, -0.05) is 20.4 Å². The van der Waals surface area contributed by atoms with E-state index in [-0.39, 0.29) is 23.0 Å². The summed E-state index contributed by atoms with van der Waals surface area (Å²) in [5.41, 5.74) is 0.310. The van der Waals surface area contributed by atoms with Crippen LogP contribution in [0.2, 0.25) is 0 Å². The molecule has 0 aromatic heterocycles. The third kappa shape index (κ3) is 2.77. The lowest BCUT2D eigenvalue weighted by Gasteiger charge is -2.56. The third-order valence-corrected chi connectivity index (χ3v) is 5.05. The van der Waals surface area contributed by atoms with Crippen LogP contribution in [0.4, 0.5) is 0 Å². The highest BCUT2D eigenvalue weighted by Gasteiger charge is 2.46. The van der Waals surface area contributed by atoms with Crippen LogP contribution in [-0.2, 0) is 4.79 Å². The van der Waals surface area contributed by atoms with Crippen molar-refractivity contribution in [1.29, 1.82) is 0 Å². The van der Waals surface area contributed by atoms with Gasteiger partial charge < -0.3 is 5.32 Å². The van der Waals surface area contributed by atoms with E-state index in [2.05, 4.69) is 51.5 Å². The molecule has 1 amide bonds. The van der Waals surface area contributed by atoms with Crippen molar-refractivity contribution in [3.63, 3.8) is 0 Å². The van der Waals surface area contributed by atoms with Crippen LogP contribution < -0.4 is 5.32 Å². The van der Waals surface area contributed by atoms with Gasteiger partial charge in [-0.05, 0) is 52.7 Å². The molecule has 1 N–H and O–H groups in total. The normalized spacial score (nSPS) is 37.3. The maximum Gasteiger partial charge on any atom is 0.243 e. The largest absolute Gasteiger partial charge is 0.350 e. The molecule has 2 unspecified atom stereocenters. The number of hydrogen-bond donors (Lipinski definition) is 1. The number of likely N-dealkylation sites (tertiary alicyclic amines) is 1. The predicted molar refractivity (Wildman–Crippen MR) is 76.5 cm³/mol. The second kappa shape index (κ2) is 5.43. The average molecular weight is 252 g/mol. The highest BCUT2D eigenvalue weighted by molar-refractivity contribution is 5.87. The minimum atomic E-state index is -0.0542. The van der Waals surface area contributed by atoms with Crippen LogP contribution in [0.5, 0.6) is 0 Å². The van der Waals surface area contributed by atoms with E-state index in [0.717, 1.165) is 25.7 Å². The first-order valence-corrected chi connectivity index (χ1v) is 6.98. The van der Waals surface area contributed by atoms with Crippen molar-refractivity contribution in [2.24, 2.45) is 0 Å². The van der Waals surface area contributed by atoms with Crippen molar-refractivity contribution in [3.05, 3.63) is 12.7 Å². The maximum absolute atomic E-state index is 11.5. The maximum atomic E-state index is 11.5. The monoisotopic (exact) mass is 252 g/mol. The lowest BCUT2D eigenvalue weighted by atomic mass is 9.73. The molecule has 0 aliphatic carbocycles. The van der Waals surface area contributed by atoms with Crippen LogP contribution in [0, 0.1) is 0 Å². The fourth-order valence-electron chi connectivity index (χ4n) is 3.18. The van der Waals surface area contributed by atoms with Gasteiger partial charge in [-0.3, -0.25) is 9.69 Å². The van der Waals surface area contributed by atoms with Crippen molar-refractivity contribution in [2.75, 3.05) is 7.05 Å². The molecule has 0 bridgehead atoms. The molecule has 2 atom stereocenters. The first kappa shape index (κ1) is 15.2. The molecule has 1 aliphatic heterocycles. The van der Waals surface area contributed by atoms with Crippen molar-refractivity contribution >= 4 is 5.91 Å². The lowest BCUT2D eigenvalue weighted by Crippen LogP contribution is -2.64. The molecule has 0 aromatic rings. The molecule has 1 rings (SSSR count). The first-order valence-electron chi connectivity index (χ1n) is 6.98. The summed E-state index contributed by atoms with van der Waals surface area (Å²) in [6, 6.07) is 0.251. The van der Waals surface area contributed by atoms with Crippen LogP contribution in [0.25, 0.3) is 0 Å². The van der Waals surface area contributed by atoms with Crippen molar-refractivity contribution in [2.45, 2.75) is 70.5 Å². The molecule has 1 saturated heterocycles. The summed E-state index contributed by atoms with van der Waals surface area (Å²) in [6.07, 6.45) is 5.58. The molecule has 0 spiro atoms. The Hall–Kier alpha value is -0.830. The summed E-state index contributed by atoms with van der Waals surface area (Å²) >= 11 is 0. The van der Waals surface area contributed by atoms with E-state index >= 15 is 0 Å². The van der Waals surface area contributed by atoms with Gasteiger partial charge in [0.2, 0.25) is 5.91 Å². The summed E-state index contributed by atoms with van der Waals surface area (Å²) in [6.45, 7) is 12.6. The third-order valence-electron chi connectivity index (χ3n) is 5.05. The van der Waals surface area contributed by atoms with Crippen LogP contribution in [0.15, 0.2) is 12.7 Å². The van der Waals surface area contributed by atoms with E-state index in [9.17, 15) is 4.79 Å². The van der Waals surface area contributed by atoms with E-state index in [1.165, 1.54) is 6.08 Å². The van der Waals surface area contributed by atoms with Gasteiger partial charge in [-0.15, -0.1) is 0 Å². The fraction of sp³-hybridized carbons (Fsp3) is 0.800. The highest BCUT2D eigenvalue weighted by atomic mass is 16.1. The van der Waals surface area contributed by atoms with Crippen LogP contribution in [-0.4, -0.2) is 35.0 Å². The number of rotatable bonds is 4. The van der Waals surface area contributed by atoms with E-state index in [4.69, 9.17) is 0 Å². The lowest BCUT2D eigenvalue weighted by molar-refractivity contribution is -0.119. The van der Waals surface area contributed by atoms with E-state index < -0.39 is 0 Å². The SMILES string of the molecule is C=CC(=O)NC1CC(C)(CC)N(C)C(C)(CC)C1. The quantitative estimate of drug-likeness (QED) is 0.780. The zero-order valence-corrected chi connectivity index (χ0v) is 12.5. The Labute approximate surface area is 112 Å². The highest BCUT2D eigenvalue weighted by Crippen LogP contribution is 2.40. The topological polar surface area (TPSA) is 32.3 Å². The van der Waals surface area contributed by atoms with Crippen molar-refractivity contribution < 1.29 is 4.79 Å². The zero-order chi connectivity index (χ0) is 14.0. The minimum Gasteiger partial charge on any atom is -0.350 e. The van der Waals surface area contributed by atoms with Crippen LogP contribution >= 0.6 is 0 Å². The Morgan fingerprint density at radius 2 is 1.78 bits per heavy atom. The van der Waals surface area contributed by atoms with Gasteiger partial charge in [0.05, 0.1) is 0 Å². The van der Waals surface area contributed by atoms with E-state index in [1.807, 2.05) is 0 Å². The van der Waals surface area contributed by atoms with Gasteiger partial charge in [0.15, 0.2) is 0 Å². The summed E-state index contributed by atoms with van der Waals surface area (Å²) in [7, 11) is 2.22. The molecule has 1 fully saturated rings. The number of carbonyl (C=O) groups is 1. The number of carbonyl (C=O) groups excluding carboxylic acids is 1. The fourth-order valence-corrected chi connectivity index (χ4v) is 3.18. The van der Waals surface area contributed by atoms with Gasteiger partial charge in [0.25, 0.3) is 0 Å². The molecule has 0 aromatic carbocycles. The summed E-state index contributed by atoms with van der Waals surface area (Å²) in [4.78, 5) is 14.0. The number of nitrogens with zero attached hydrogens (tertiary/aromatic N) is 1. The predicted octanol–water partition coefficient (Wildman–Crippen LogP) is 2.72. The summed E-state index contributed by atoms with van der Waals surface area (Å²) < 4.78 is 0. The molecule has 1 heterocycles. The van der Waals surface area contributed by atoms with E-state index in [0.29, 0.717) is 0 Å². The Balaban J connectivity index is 2.92. The molecule has 0 radical (unpaired) electrons. The Kier molecular flexibility index (Phi) is 4.60. The van der Waals surface area contributed by atoms with Crippen LogP contribution in [0.1, 0.15) is 53.4 Å². The van der Waals surface area contributed by atoms with Crippen molar-refractivity contribution in [1.82, 2.24) is 10.2 Å². The molecule has 3 nitrogen and oxygen atoms in total. The number of nitrogens with one attached hydrogen (secondary N) is 1. The second-order valence-electron chi connectivity index (χ2n) is 6.08. The molecule has 104 valence electrons. The average Bonchev–Trinajstić information content (AvgIpc) is 2.35. The minimum absolute atomic E-state index is 0.0542. The van der Waals surface area contributed by atoms with Crippen LogP contribution in [0.3, 0.4) is 0 Å². The molecule has 18 heavy (non-hydrogen) atoms.